The minimum absolute atomic E-state index is 0.0341. The van der Waals surface area contributed by atoms with Crippen LogP contribution in [0, 0.1) is 0 Å². The molecule has 0 aliphatic heterocycles. The first-order valence-electron chi connectivity index (χ1n) is 7.88. The van der Waals surface area contributed by atoms with E-state index in [9.17, 15) is 20.8 Å². The summed E-state index contributed by atoms with van der Waals surface area (Å²) >= 11 is -9.28. The number of rotatable bonds is 4. The van der Waals surface area contributed by atoms with Crippen LogP contribution in [-0.2, 0) is 10.9 Å². The molecule has 28 heavy (non-hydrogen) atoms. The third-order valence-electron chi connectivity index (χ3n) is 3.25. The van der Waals surface area contributed by atoms with Crippen LogP contribution >= 0.6 is 11.8 Å². The predicted octanol–water partition coefficient (Wildman–Crippen LogP) is 7.64. The topological polar surface area (TPSA) is 0 Å². The Hall–Kier alpha value is -1.50. The number of thioether (sulfide) groups is 1. The second-order valence-electron chi connectivity index (χ2n) is 5.57. The summed E-state index contributed by atoms with van der Waals surface area (Å²) in [6.07, 6.45) is 2.11. The molecular weight excluding hydrogens is 481 g/mol. The summed E-state index contributed by atoms with van der Waals surface area (Å²) in [5.41, 5.74) is 0. The number of benzene rings is 3. The van der Waals surface area contributed by atoms with Crippen molar-refractivity contribution in [2.45, 2.75) is 19.6 Å². The summed E-state index contributed by atoms with van der Waals surface area (Å²) in [5, 5.41) is 0. The first-order chi connectivity index (χ1) is 12.8. The second kappa shape index (κ2) is 8.09. The summed E-state index contributed by atoms with van der Waals surface area (Å²) in [6, 6.07) is 30.5. The van der Waals surface area contributed by atoms with E-state index >= 15 is 0 Å². The molecule has 9 heteroatoms. The van der Waals surface area contributed by atoms with Crippen LogP contribution in [0.4, 0.5) is 20.8 Å². The van der Waals surface area contributed by atoms with E-state index in [0.717, 1.165) is 0 Å². The molecule has 3 aromatic rings. The Kier molecular flexibility index (Phi) is 6.58. The number of hydrogen-bond acceptors (Lipinski definition) is 1. The molecule has 0 spiro atoms. The molecule has 0 amide bonds. The molecular formula is C19H17AsF6S2. The maximum atomic E-state index is 9.91. The second-order valence-corrected chi connectivity index (χ2v) is 12.5. The standard InChI is InChI=1S/C19H17S2.AsF6/c1-20-16-12-14-19(15-13-16)21(17-8-4-2-5-9-17)18-10-6-3-7-11-18;2-1(3,4,5,6)7/h2-15H,1H3;/q+1;-1. The van der Waals surface area contributed by atoms with Crippen molar-refractivity contribution < 1.29 is 20.8 Å². The van der Waals surface area contributed by atoms with E-state index in [1.54, 1.807) is 11.8 Å². The Morgan fingerprint density at radius 2 is 0.893 bits per heavy atom. The summed E-state index contributed by atoms with van der Waals surface area (Å²) in [6.45, 7) is 0. The Bertz CT molecular complexity index is 832. The molecule has 3 aromatic carbocycles. The van der Waals surface area contributed by atoms with E-state index in [2.05, 4.69) is 91.2 Å². The molecule has 0 unspecified atom stereocenters. The molecule has 0 aliphatic carbocycles. The first kappa shape index (κ1) is 22.8. The Morgan fingerprint density at radius 3 is 1.21 bits per heavy atom. The van der Waals surface area contributed by atoms with Gasteiger partial charge in [-0.1, -0.05) is 36.4 Å². The molecule has 0 saturated heterocycles. The van der Waals surface area contributed by atoms with Crippen LogP contribution in [0.1, 0.15) is 0 Å². The fourth-order valence-corrected chi connectivity index (χ4v) is 4.72. The van der Waals surface area contributed by atoms with Crippen molar-refractivity contribution >= 4 is 36.8 Å². The molecule has 152 valence electrons. The van der Waals surface area contributed by atoms with E-state index in [1.807, 2.05) is 0 Å². The van der Waals surface area contributed by atoms with Gasteiger partial charge in [0.25, 0.3) is 0 Å². The first-order valence-corrected chi connectivity index (χ1v) is 14.6. The zero-order chi connectivity index (χ0) is 20.9. The SMILES string of the molecule is CSc1ccc([S+](c2ccccc2)c2ccccc2)cc1.F[As-](F)(F)(F)(F)F. The van der Waals surface area contributed by atoms with Gasteiger partial charge in [-0.25, -0.2) is 0 Å². The van der Waals surface area contributed by atoms with Crippen LogP contribution in [0.3, 0.4) is 0 Å². The molecule has 0 nitrogen and oxygen atoms in total. The molecule has 0 saturated carbocycles. The van der Waals surface area contributed by atoms with E-state index in [4.69, 9.17) is 0 Å². The van der Waals surface area contributed by atoms with Crippen molar-refractivity contribution in [3.8, 4) is 0 Å². The fourth-order valence-electron chi connectivity index (χ4n) is 2.23. The molecule has 0 atom stereocenters. The predicted molar refractivity (Wildman–Crippen MR) is 106 cm³/mol. The van der Waals surface area contributed by atoms with Crippen molar-refractivity contribution in [1.82, 2.24) is 0 Å². The molecule has 0 aliphatic rings. The van der Waals surface area contributed by atoms with E-state index in [1.165, 1.54) is 19.6 Å². The van der Waals surface area contributed by atoms with E-state index in [0.29, 0.717) is 0 Å². The number of hydrogen-bond donors (Lipinski definition) is 0. The van der Waals surface area contributed by atoms with Crippen LogP contribution in [0.15, 0.2) is 105 Å². The Morgan fingerprint density at radius 1 is 0.571 bits per heavy atom. The van der Waals surface area contributed by atoms with Gasteiger partial charge in [-0.05, 0) is 54.8 Å². The Balaban J connectivity index is 0.000000345. The van der Waals surface area contributed by atoms with Gasteiger partial charge < -0.3 is 0 Å². The normalized spacial score (nSPS) is 13.9. The van der Waals surface area contributed by atoms with E-state index in [-0.39, 0.29) is 10.9 Å². The molecule has 0 N–H and O–H groups in total. The average molecular weight is 498 g/mol. The summed E-state index contributed by atoms with van der Waals surface area (Å²) < 4.78 is 59.4. The fraction of sp³-hybridized carbons (Fsp3) is 0.0526. The van der Waals surface area contributed by atoms with Crippen molar-refractivity contribution in [3.63, 3.8) is 0 Å². The average Bonchev–Trinajstić information content (AvgIpc) is 2.62. The van der Waals surface area contributed by atoms with Crippen LogP contribution in [0.25, 0.3) is 0 Å². The van der Waals surface area contributed by atoms with Crippen molar-refractivity contribution in [1.29, 1.82) is 0 Å². The maximum absolute atomic E-state index is 11.1. The summed E-state index contributed by atoms with van der Waals surface area (Å²) in [7, 11) is -0.0341. The zero-order valence-corrected chi connectivity index (χ0v) is 18.1. The van der Waals surface area contributed by atoms with Gasteiger partial charge in [0.05, 0.1) is 10.9 Å². The van der Waals surface area contributed by atoms with Gasteiger partial charge in [0.1, 0.15) is 0 Å². The van der Waals surface area contributed by atoms with Crippen molar-refractivity contribution in [2.75, 3.05) is 6.26 Å². The van der Waals surface area contributed by atoms with E-state index < -0.39 is 14.2 Å². The quantitative estimate of drug-likeness (QED) is 0.154. The third kappa shape index (κ3) is 9.13. The van der Waals surface area contributed by atoms with Gasteiger partial charge in [-0.15, -0.1) is 11.8 Å². The van der Waals surface area contributed by atoms with Crippen LogP contribution in [-0.4, -0.2) is 20.4 Å². The van der Waals surface area contributed by atoms with Crippen LogP contribution in [0.2, 0.25) is 0 Å². The molecule has 0 fully saturated rings. The summed E-state index contributed by atoms with van der Waals surface area (Å²) in [4.78, 5) is 5.40. The Labute approximate surface area is 168 Å². The molecule has 0 heterocycles. The van der Waals surface area contributed by atoms with Crippen LogP contribution in [0.5, 0.6) is 0 Å². The number of halogens is 6. The molecule has 0 radical (unpaired) electrons. The molecule has 3 rings (SSSR count). The summed E-state index contributed by atoms with van der Waals surface area (Å²) in [5.74, 6) is 0. The zero-order valence-electron chi connectivity index (χ0n) is 14.6. The monoisotopic (exact) mass is 498 g/mol. The van der Waals surface area contributed by atoms with Crippen molar-refractivity contribution in [3.05, 3.63) is 84.9 Å². The van der Waals surface area contributed by atoms with Gasteiger partial charge in [0.15, 0.2) is 14.7 Å². The molecule has 0 bridgehead atoms. The van der Waals surface area contributed by atoms with Gasteiger partial charge >= 0.3 is 35.0 Å². The minimum atomic E-state index is -11.1. The van der Waals surface area contributed by atoms with Crippen LogP contribution < -0.4 is 0 Å². The van der Waals surface area contributed by atoms with Gasteiger partial charge in [-0.3, -0.25) is 0 Å². The van der Waals surface area contributed by atoms with Gasteiger partial charge in [0, 0.05) is 4.90 Å². The third-order valence-corrected chi connectivity index (χ3v) is 6.23. The molecule has 0 aromatic heterocycles. The van der Waals surface area contributed by atoms with Gasteiger partial charge in [-0.2, -0.15) is 0 Å². The van der Waals surface area contributed by atoms with Crippen molar-refractivity contribution in [2.24, 2.45) is 0 Å². The van der Waals surface area contributed by atoms with Gasteiger partial charge in [0.2, 0.25) is 0 Å².